The third kappa shape index (κ3) is 3.38. The van der Waals surface area contributed by atoms with Gasteiger partial charge in [0.25, 0.3) is 5.91 Å². The van der Waals surface area contributed by atoms with E-state index in [9.17, 15) is 4.79 Å². The van der Waals surface area contributed by atoms with Crippen LogP contribution in [0, 0.1) is 0 Å². The van der Waals surface area contributed by atoms with Crippen LogP contribution in [0.5, 0.6) is 0 Å². The second-order valence-corrected chi connectivity index (χ2v) is 7.63. The van der Waals surface area contributed by atoms with Crippen LogP contribution in [-0.4, -0.2) is 42.2 Å². The summed E-state index contributed by atoms with van der Waals surface area (Å²) in [6.07, 6.45) is 5.70. The number of rotatable bonds is 6. The molecule has 28 heavy (non-hydrogen) atoms. The lowest BCUT2D eigenvalue weighted by molar-refractivity contribution is -0.0640. The summed E-state index contributed by atoms with van der Waals surface area (Å²) in [5, 5.41) is 4.29. The third-order valence-electron chi connectivity index (χ3n) is 5.92. The van der Waals surface area contributed by atoms with Gasteiger partial charge in [0, 0.05) is 19.2 Å². The number of hydrogen-bond acceptors (Lipinski definition) is 3. The molecule has 0 saturated carbocycles. The SMILES string of the molecule is C=CCc1ccccc1[C@H]1Cc2ccccc2C(=O)N1N1CCC[C@H]1COC. The van der Waals surface area contributed by atoms with Gasteiger partial charge < -0.3 is 4.74 Å². The van der Waals surface area contributed by atoms with Gasteiger partial charge in [-0.25, -0.2) is 5.01 Å². The Hall–Kier alpha value is -2.43. The smallest absolute Gasteiger partial charge is 0.269 e. The summed E-state index contributed by atoms with van der Waals surface area (Å²) in [6.45, 7) is 5.45. The van der Waals surface area contributed by atoms with Gasteiger partial charge in [-0.3, -0.25) is 9.80 Å². The number of methoxy groups -OCH3 is 1. The Kier molecular flexibility index (Phi) is 5.60. The number of hydrazine groups is 1. The van der Waals surface area contributed by atoms with Crippen molar-refractivity contribution in [2.45, 2.75) is 37.8 Å². The van der Waals surface area contributed by atoms with Gasteiger partial charge in [0.05, 0.1) is 18.7 Å². The number of fused-ring (bicyclic) bond motifs is 1. The maximum atomic E-state index is 13.6. The quantitative estimate of drug-likeness (QED) is 0.709. The van der Waals surface area contributed by atoms with Crippen LogP contribution in [0.4, 0.5) is 0 Å². The number of carbonyl (C=O) groups excluding carboxylic acids is 1. The Bertz CT molecular complexity index is 863. The molecule has 0 N–H and O–H groups in total. The summed E-state index contributed by atoms with van der Waals surface area (Å²) in [5.41, 5.74) is 4.41. The van der Waals surface area contributed by atoms with Crippen molar-refractivity contribution in [2.75, 3.05) is 20.3 Å². The Morgan fingerprint density at radius 2 is 1.96 bits per heavy atom. The molecule has 1 fully saturated rings. The van der Waals surface area contributed by atoms with E-state index in [1.807, 2.05) is 29.3 Å². The fourth-order valence-corrected chi connectivity index (χ4v) is 4.67. The van der Waals surface area contributed by atoms with Gasteiger partial charge >= 0.3 is 0 Å². The fraction of sp³-hybridized carbons (Fsp3) is 0.375. The van der Waals surface area contributed by atoms with E-state index >= 15 is 0 Å². The van der Waals surface area contributed by atoms with E-state index in [2.05, 4.69) is 41.9 Å². The predicted molar refractivity (Wildman–Crippen MR) is 111 cm³/mol. The van der Waals surface area contributed by atoms with Gasteiger partial charge in [0.2, 0.25) is 0 Å². The summed E-state index contributed by atoms with van der Waals surface area (Å²) in [7, 11) is 1.74. The molecular weight excluding hydrogens is 348 g/mol. The molecule has 0 bridgehead atoms. The zero-order chi connectivity index (χ0) is 19.5. The van der Waals surface area contributed by atoms with E-state index in [-0.39, 0.29) is 18.0 Å². The summed E-state index contributed by atoms with van der Waals surface area (Å²) < 4.78 is 5.46. The summed E-state index contributed by atoms with van der Waals surface area (Å²) in [4.78, 5) is 13.6. The van der Waals surface area contributed by atoms with Crippen LogP contribution in [0.1, 0.15) is 45.9 Å². The van der Waals surface area contributed by atoms with Crippen molar-refractivity contribution in [2.24, 2.45) is 0 Å². The van der Waals surface area contributed by atoms with E-state index in [0.717, 1.165) is 43.4 Å². The number of hydrogen-bond donors (Lipinski definition) is 0. The van der Waals surface area contributed by atoms with Crippen LogP contribution < -0.4 is 0 Å². The zero-order valence-electron chi connectivity index (χ0n) is 16.5. The molecule has 4 rings (SSSR count). The number of ether oxygens (including phenoxy) is 1. The molecule has 2 aromatic carbocycles. The van der Waals surface area contributed by atoms with Crippen molar-refractivity contribution in [3.8, 4) is 0 Å². The molecular formula is C24H28N2O2. The first kappa shape index (κ1) is 18.9. The Labute approximate surface area is 167 Å². The van der Waals surface area contributed by atoms with Gasteiger partial charge in [-0.05, 0) is 48.4 Å². The first-order valence-corrected chi connectivity index (χ1v) is 10.1. The molecule has 4 heteroatoms. The minimum absolute atomic E-state index is 0.00370. The molecule has 146 valence electrons. The number of carbonyl (C=O) groups is 1. The monoisotopic (exact) mass is 376 g/mol. The van der Waals surface area contributed by atoms with Crippen molar-refractivity contribution >= 4 is 5.91 Å². The summed E-state index contributed by atoms with van der Waals surface area (Å²) in [5.74, 6) is 0.100. The molecule has 0 aromatic heterocycles. The van der Waals surface area contributed by atoms with Crippen molar-refractivity contribution in [3.05, 3.63) is 83.4 Å². The molecule has 1 amide bonds. The maximum Gasteiger partial charge on any atom is 0.269 e. The van der Waals surface area contributed by atoms with Crippen LogP contribution >= 0.6 is 0 Å². The van der Waals surface area contributed by atoms with Gasteiger partial charge in [0.15, 0.2) is 0 Å². The normalized spacial score (nSPS) is 22.3. The van der Waals surface area contributed by atoms with Crippen LogP contribution in [0.15, 0.2) is 61.2 Å². The second kappa shape index (κ2) is 8.29. The Morgan fingerprint density at radius 3 is 2.79 bits per heavy atom. The molecule has 4 nitrogen and oxygen atoms in total. The van der Waals surface area contributed by atoms with Crippen molar-refractivity contribution < 1.29 is 9.53 Å². The molecule has 1 saturated heterocycles. The average Bonchev–Trinajstić information content (AvgIpc) is 3.17. The fourth-order valence-electron chi connectivity index (χ4n) is 4.67. The average molecular weight is 377 g/mol. The topological polar surface area (TPSA) is 32.8 Å². The highest BCUT2D eigenvalue weighted by molar-refractivity contribution is 5.97. The van der Waals surface area contributed by atoms with Crippen LogP contribution in [0.3, 0.4) is 0 Å². The van der Waals surface area contributed by atoms with Crippen LogP contribution in [0.25, 0.3) is 0 Å². The molecule has 0 spiro atoms. The lowest BCUT2D eigenvalue weighted by Gasteiger charge is -2.45. The second-order valence-electron chi connectivity index (χ2n) is 7.63. The maximum absolute atomic E-state index is 13.6. The summed E-state index contributed by atoms with van der Waals surface area (Å²) >= 11 is 0. The van der Waals surface area contributed by atoms with Crippen LogP contribution in [-0.2, 0) is 17.6 Å². The van der Waals surface area contributed by atoms with Crippen molar-refractivity contribution in [3.63, 3.8) is 0 Å². The lowest BCUT2D eigenvalue weighted by Crippen LogP contribution is -2.54. The Morgan fingerprint density at radius 1 is 1.18 bits per heavy atom. The number of nitrogens with zero attached hydrogens (tertiary/aromatic N) is 2. The standard InChI is InChI=1S/C24H28N2O2/c1-3-9-18-10-4-6-13-21(18)23-16-19-11-5-7-14-22(19)24(27)26(23)25-15-8-12-20(25)17-28-2/h3-7,10-11,13-14,20,23H,1,8-9,12,15-17H2,2H3/t20-,23+/m0/s1. The molecule has 2 aliphatic heterocycles. The van der Waals surface area contributed by atoms with Gasteiger partial charge in [-0.2, -0.15) is 0 Å². The molecule has 2 atom stereocenters. The van der Waals surface area contributed by atoms with E-state index in [0.29, 0.717) is 6.61 Å². The van der Waals surface area contributed by atoms with Crippen molar-refractivity contribution in [1.29, 1.82) is 0 Å². The third-order valence-corrected chi connectivity index (χ3v) is 5.92. The summed E-state index contributed by atoms with van der Waals surface area (Å²) in [6, 6.07) is 16.7. The van der Waals surface area contributed by atoms with Gasteiger partial charge in [-0.1, -0.05) is 48.5 Å². The number of benzene rings is 2. The highest BCUT2D eigenvalue weighted by Crippen LogP contribution is 2.38. The molecule has 2 heterocycles. The molecule has 2 aliphatic rings. The zero-order valence-corrected chi connectivity index (χ0v) is 16.5. The first-order valence-electron chi connectivity index (χ1n) is 10.1. The van der Waals surface area contributed by atoms with Gasteiger partial charge in [0.1, 0.15) is 0 Å². The minimum Gasteiger partial charge on any atom is -0.383 e. The first-order chi connectivity index (χ1) is 13.7. The van der Waals surface area contributed by atoms with Crippen LogP contribution in [0.2, 0.25) is 0 Å². The van der Waals surface area contributed by atoms with E-state index < -0.39 is 0 Å². The Balaban J connectivity index is 1.80. The molecule has 0 radical (unpaired) electrons. The van der Waals surface area contributed by atoms with E-state index in [1.165, 1.54) is 11.1 Å². The molecule has 0 aliphatic carbocycles. The minimum atomic E-state index is -0.00370. The largest absolute Gasteiger partial charge is 0.383 e. The molecule has 0 unspecified atom stereocenters. The van der Waals surface area contributed by atoms with E-state index in [4.69, 9.17) is 4.74 Å². The van der Waals surface area contributed by atoms with E-state index in [1.54, 1.807) is 7.11 Å². The number of amides is 1. The lowest BCUT2D eigenvalue weighted by atomic mass is 9.87. The highest BCUT2D eigenvalue weighted by atomic mass is 16.5. The highest BCUT2D eigenvalue weighted by Gasteiger charge is 2.41. The van der Waals surface area contributed by atoms with Gasteiger partial charge in [-0.15, -0.1) is 6.58 Å². The number of allylic oxidation sites excluding steroid dienone is 1. The van der Waals surface area contributed by atoms with Crippen molar-refractivity contribution in [1.82, 2.24) is 10.0 Å². The predicted octanol–water partition coefficient (Wildman–Crippen LogP) is 4.18. The molecule has 2 aromatic rings.